The molecular weight excluding hydrogens is 425 g/mol. The molecule has 1 aromatic rings. The molecule has 1 radical (unpaired) electrons. The van der Waals surface area contributed by atoms with E-state index in [0.29, 0.717) is 6.61 Å². The Morgan fingerprint density at radius 2 is 2.44 bits per heavy atom. The summed E-state index contributed by atoms with van der Waals surface area (Å²) in [6.07, 6.45) is 1.58. The molecule has 0 spiro atoms. The van der Waals surface area contributed by atoms with E-state index in [9.17, 15) is 4.79 Å². The Morgan fingerprint density at radius 3 is 3.00 bits per heavy atom. The van der Waals surface area contributed by atoms with E-state index >= 15 is 0 Å². The van der Waals surface area contributed by atoms with E-state index in [2.05, 4.69) is 4.98 Å². The van der Waals surface area contributed by atoms with Gasteiger partial charge in [0, 0.05) is 50.3 Å². The van der Waals surface area contributed by atoms with E-state index in [1.165, 1.54) is 16.8 Å². The summed E-state index contributed by atoms with van der Waals surface area (Å²) >= 11 is 0. The molecule has 1 aromatic heterocycles. The van der Waals surface area contributed by atoms with Gasteiger partial charge in [0.25, 0.3) is 0 Å². The molecule has 0 aliphatic carbocycles. The number of hydrogen-bond donors (Lipinski definition) is 0. The van der Waals surface area contributed by atoms with Crippen LogP contribution in [0.5, 0.6) is 0 Å². The molecule has 2 unspecified atom stereocenters. The molecule has 2 rings (SSSR count). The first-order chi connectivity index (χ1) is 7.20. The van der Waals surface area contributed by atoms with Gasteiger partial charge in [-0.05, 0) is 12.5 Å². The van der Waals surface area contributed by atoms with E-state index in [4.69, 9.17) is 15.2 Å². The third-order valence-electron chi connectivity index (χ3n) is 2.21. The van der Waals surface area contributed by atoms with Crippen molar-refractivity contribution >= 4 is 5.82 Å². The van der Waals surface area contributed by atoms with Gasteiger partial charge in [0.1, 0.15) is 0 Å². The van der Waals surface area contributed by atoms with Crippen LogP contribution in [0.2, 0.25) is 0 Å². The number of nitrogens with one attached hydrogen (secondary N) is 1. The van der Waals surface area contributed by atoms with Crippen LogP contribution in [0, 0.1) is 44.1 Å². The van der Waals surface area contributed by atoms with Crippen molar-refractivity contribution in [2.24, 2.45) is 0 Å². The molecule has 0 bridgehead atoms. The molecular formula is C9H12AcN3O3-. The Bertz CT molecular complexity index is 409. The van der Waals surface area contributed by atoms with E-state index in [0.717, 1.165) is 6.42 Å². The predicted molar refractivity (Wildman–Crippen MR) is 52.6 cm³/mol. The first-order valence-corrected chi connectivity index (χ1v) is 4.78. The fourth-order valence-corrected chi connectivity index (χ4v) is 1.44. The minimum absolute atomic E-state index is 0. The van der Waals surface area contributed by atoms with Crippen LogP contribution in [0.4, 0.5) is 5.82 Å². The van der Waals surface area contributed by atoms with Crippen LogP contribution in [0.25, 0.3) is 5.73 Å². The molecule has 1 saturated heterocycles. The Hall–Kier alpha value is 0.0416. The standard InChI is InChI=1S/C9H13N3O3.Ac/c1-2-8-14-5-7(15-8)12-4-3-6(10)11-9(12)13;/h3-4,7-8H,2,5H2,1H3,(H2,10,11,13);/p-1. The molecule has 2 heterocycles. The van der Waals surface area contributed by atoms with Crippen molar-refractivity contribution < 1.29 is 53.5 Å². The van der Waals surface area contributed by atoms with Crippen LogP contribution in [0.3, 0.4) is 0 Å². The van der Waals surface area contributed by atoms with Crippen molar-refractivity contribution in [1.82, 2.24) is 9.55 Å². The molecule has 2 atom stereocenters. The number of rotatable bonds is 2. The molecule has 85 valence electrons. The van der Waals surface area contributed by atoms with Gasteiger partial charge in [-0.1, -0.05) is 12.7 Å². The van der Waals surface area contributed by atoms with Gasteiger partial charge in [-0.2, -0.15) is 0 Å². The number of ether oxygens (including phenoxy) is 2. The van der Waals surface area contributed by atoms with Crippen molar-refractivity contribution in [1.29, 1.82) is 0 Å². The topological polar surface area (TPSA) is 77.2 Å². The third-order valence-corrected chi connectivity index (χ3v) is 2.21. The second kappa shape index (κ2) is 6.10. The van der Waals surface area contributed by atoms with Crippen molar-refractivity contribution in [2.45, 2.75) is 25.9 Å². The summed E-state index contributed by atoms with van der Waals surface area (Å²) in [6.45, 7) is 2.29. The summed E-state index contributed by atoms with van der Waals surface area (Å²) in [5, 5.41) is 0. The third kappa shape index (κ3) is 3.04. The molecule has 0 saturated carbocycles. The van der Waals surface area contributed by atoms with Gasteiger partial charge in [-0.3, -0.25) is 9.36 Å². The normalized spacial score (nSPS) is 24.1. The van der Waals surface area contributed by atoms with Gasteiger partial charge in [-0.25, -0.2) is 0 Å². The average Bonchev–Trinajstić information content (AvgIpc) is 2.66. The predicted octanol–water partition coefficient (Wildman–Crippen LogP) is 1.21. The molecule has 16 heavy (non-hydrogen) atoms. The van der Waals surface area contributed by atoms with Gasteiger partial charge in [-0.15, -0.1) is 0 Å². The summed E-state index contributed by atoms with van der Waals surface area (Å²) in [6, 6.07) is 1.45. The summed E-state index contributed by atoms with van der Waals surface area (Å²) < 4.78 is 12.1. The average molecular weight is 437 g/mol. The van der Waals surface area contributed by atoms with Crippen molar-refractivity contribution in [2.75, 3.05) is 6.61 Å². The van der Waals surface area contributed by atoms with Crippen molar-refractivity contribution in [3.63, 3.8) is 0 Å². The Kier molecular flexibility index (Phi) is 5.38. The summed E-state index contributed by atoms with van der Waals surface area (Å²) in [7, 11) is 0. The fourth-order valence-electron chi connectivity index (χ4n) is 1.44. The zero-order chi connectivity index (χ0) is 10.8. The Balaban J connectivity index is 0.00000128. The maximum absolute atomic E-state index is 11.4. The minimum Gasteiger partial charge on any atom is -0.482 e. The molecule has 1 aliphatic rings. The molecule has 6 nitrogen and oxygen atoms in total. The zero-order valence-electron chi connectivity index (χ0n) is 8.92. The van der Waals surface area contributed by atoms with Gasteiger partial charge in [0.15, 0.2) is 12.5 Å². The van der Waals surface area contributed by atoms with Crippen molar-refractivity contribution in [3.05, 3.63) is 28.5 Å². The van der Waals surface area contributed by atoms with Gasteiger partial charge in [0.2, 0.25) is 5.69 Å². The summed E-state index contributed by atoms with van der Waals surface area (Å²) in [5.74, 6) is -0.0396. The SMILES string of the molecule is CCC1OCC(n2ccc([NH-])nc2=O)O1.[Ac]. The van der Waals surface area contributed by atoms with Crippen LogP contribution in [-0.4, -0.2) is 22.4 Å². The smallest absolute Gasteiger partial charge is 0.248 e. The molecule has 1 aliphatic heterocycles. The molecule has 0 aromatic carbocycles. The number of aromatic nitrogens is 2. The van der Waals surface area contributed by atoms with Crippen LogP contribution < -0.4 is 5.69 Å². The van der Waals surface area contributed by atoms with Crippen LogP contribution in [0.1, 0.15) is 19.6 Å². The molecule has 1 fully saturated rings. The Morgan fingerprint density at radius 1 is 1.69 bits per heavy atom. The van der Waals surface area contributed by atoms with Crippen LogP contribution in [-0.2, 0) is 9.47 Å². The second-order valence-electron chi connectivity index (χ2n) is 3.26. The molecule has 7 heteroatoms. The number of hydrogen-bond acceptors (Lipinski definition) is 4. The largest absolute Gasteiger partial charge is 0.482 e. The molecule has 1 N–H and O–H groups in total. The Labute approximate surface area is 129 Å². The van der Waals surface area contributed by atoms with Gasteiger partial charge < -0.3 is 20.2 Å². The summed E-state index contributed by atoms with van der Waals surface area (Å²) in [5.41, 5.74) is 6.70. The van der Waals surface area contributed by atoms with Crippen LogP contribution in [0.15, 0.2) is 17.1 Å². The first kappa shape index (κ1) is 14.1. The van der Waals surface area contributed by atoms with E-state index in [-0.39, 0.29) is 56.2 Å². The second-order valence-corrected chi connectivity index (χ2v) is 3.26. The van der Waals surface area contributed by atoms with Crippen molar-refractivity contribution in [3.8, 4) is 0 Å². The van der Waals surface area contributed by atoms with Crippen LogP contribution >= 0.6 is 0 Å². The van der Waals surface area contributed by atoms with E-state index in [1.807, 2.05) is 6.92 Å². The zero-order valence-corrected chi connectivity index (χ0v) is 13.7. The molecule has 0 amide bonds. The fraction of sp³-hybridized carbons (Fsp3) is 0.556. The number of nitrogens with zero attached hydrogens (tertiary/aromatic N) is 2. The maximum atomic E-state index is 11.4. The van der Waals surface area contributed by atoms with E-state index in [1.54, 1.807) is 0 Å². The van der Waals surface area contributed by atoms with E-state index < -0.39 is 11.9 Å². The quantitative estimate of drug-likeness (QED) is 0.697. The van der Waals surface area contributed by atoms with Gasteiger partial charge >= 0.3 is 0 Å². The monoisotopic (exact) mass is 437 g/mol. The maximum Gasteiger partial charge on any atom is 0.248 e. The summed E-state index contributed by atoms with van der Waals surface area (Å²) in [4.78, 5) is 14.9. The first-order valence-electron chi connectivity index (χ1n) is 4.78. The minimum atomic E-state index is -0.479. The van der Waals surface area contributed by atoms with Gasteiger partial charge in [0.05, 0.1) is 6.61 Å².